The lowest BCUT2D eigenvalue weighted by molar-refractivity contribution is 0.0954. The molecule has 1 fully saturated rings. The van der Waals surface area contributed by atoms with Crippen molar-refractivity contribution >= 4 is 22.5 Å². The Bertz CT molecular complexity index is 948. The summed E-state index contributed by atoms with van der Waals surface area (Å²) >= 11 is 0. The second kappa shape index (κ2) is 6.67. The Hall–Kier alpha value is -2.50. The number of aryl methyl sites for hydroxylation is 1. The van der Waals surface area contributed by atoms with Gasteiger partial charge in [0.2, 0.25) is 0 Å². The molecule has 2 aliphatic rings. The summed E-state index contributed by atoms with van der Waals surface area (Å²) in [6.45, 7) is 5.05. The number of benzene rings is 1. The minimum atomic E-state index is -0.258. The molecule has 0 radical (unpaired) electrons. The van der Waals surface area contributed by atoms with E-state index in [1.54, 1.807) is 22.8 Å². The number of hydrogen-bond donors (Lipinski definition) is 1. The number of carbonyl (C=O) groups excluding carboxylic acids is 1. The van der Waals surface area contributed by atoms with Crippen molar-refractivity contribution in [2.45, 2.75) is 52.5 Å². The predicted molar refractivity (Wildman–Crippen MR) is 101 cm³/mol. The van der Waals surface area contributed by atoms with Crippen LogP contribution in [0.3, 0.4) is 0 Å². The Labute approximate surface area is 152 Å². The van der Waals surface area contributed by atoms with Crippen LogP contribution in [0.5, 0.6) is 0 Å². The summed E-state index contributed by atoms with van der Waals surface area (Å²) in [7, 11) is 0. The number of aromatic nitrogens is 2. The molecule has 1 aliphatic heterocycles. The number of nitrogens with one attached hydrogen (secondary N) is 1. The van der Waals surface area contributed by atoms with E-state index in [4.69, 9.17) is 0 Å². The molecular formula is C20H24N4O2. The van der Waals surface area contributed by atoms with E-state index < -0.39 is 0 Å². The summed E-state index contributed by atoms with van der Waals surface area (Å²) in [5.74, 6) is 1.36. The Morgan fingerprint density at radius 2 is 2.00 bits per heavy atom. The number of carbonyl (C=O) groups is 1. The molecule has 26 heavy (non-hydrogen) atoms. The summed E-state index contributed by atoms with van der Waals surface area (Å²) in [5.41, 5.74) is 4.82. The Morgan fingerprint density at radius 3 is 2.77 bits per heavy atom. The third-order valence-corrected chi connectivity index (χ3v) is 5.65. The average molecular weight is 352 g/mol. The summed E-state index contributed by atoms with van der Waals surface area (Å²) in [5, 5.41) is 4.97. The Kier molecular flexibility index (Phi) is 4.34. The summed E-state index contributed by atoms with van der Waals surface area (Å²) < 4.78 is 1.74. The molecule has 1 amide bonds. The summed E-state index contributed by atoms with van der Waals surface area (Å²) in [4.78, 5) is 29.6. The summed E-state index contributed by atoms with van der Waals surface area (Å²) in [6, 6.07) is 5.07. The zero-order valence-electron chi connectivity index (χ0n) is 15.3. The highest BCUT2D eigenvalue weighted by Crippen LogP contribution is 2.26. The fourth-order valence-electron chi connectivity index (χ4n) is 4.14. The van der Waals surface area contributed by atoms with Crippen LogP contribution in [0.15, 0.2) is 28.1 Å². The van der Waals surface area contributed by atoms with Crippen molar-refractivity contribution < 1.29 is 4.79 Å². The molecule has 1 aromatic carbocycles. The number of hydrazone groups is 1. The number of nitrogens with zero attached hydrogens (tertiary/aromatic N) is 3. The topological polar surface area (TPSA) is 76.3 Å². The first-order chi connectivity index (χ1) is 12.5. The second-order valence-corrected chi connectivity index (χ2v) is 7.53. The number of rotatable bonds is 2. The van der Waals surface area contributed by atoms with E-state index in [1.165, 1.54) is 6.42 Å². The van der Waals surface area contributed by atoms with E-state index in [0.717, 1.165) is 43.8 Å². The van der Waals surface area contributed by atoms with Gasteiger partial charge in [0.15, 0.2) is 0 Å². The lowest BCUT2D eigenvalue weighted by Crippen LogP contribution is -2.29. The zero-order chi connectivity index (χ0) is 18.3. The maximum Gasteiger partial charge on any atom is 0.271 e. The molecule has 6 nitrogen and oxygen atoms in total. The van der Waals surface area contributed by atoms with Gasteiger partial charge in [-0.25, -0.2) is 10.4 Å². The monoisotopic (exact) mass is 352 g/mol. The van der Waals surface area contributed by atoms with Gasteiger partial charge < -0.3 is 0 Å². The van der Waals surface area contributed by atoms with Gasteiger partial charge in [-0.2, -0.15) is 5.10 Å². The van der Waals surface area contributed by atoms with Crippen LogP contribution in [0.1, 0.15) is 55.7 Å². The normalized spacial score (nSPS) is 22.3. The van der Waals surface area contributed by atoms with Gasteiger partial charge in [0.25, 0.3) is 11.5 Å². The standard InChI is InChI=1S/C20H24N4O2/c1-12-5-3-6-13(2)18(12)22-23-19(25)14-8-9-15-16(11-14)21-17-7-4-10-24(17)20(15)26/h8-9,11-13H,3-7,10H2,1-2H3,(H,23,25)/t12-,13-/m1/s1. The van der Waals surface area contributed by atoms with Crippen LogP contribution in [0.4, 0.5) is 0 Å². The van der Waals surface area contributed by atoms with Crippen molar-refractivity contribution in [1.29, 1.82) is 0 Å². The van der Waals surface area contributed by atoms with E-state index in [9.17, 15) is 9.59 Å². The molecule has 2 heterocycles. The van der Waals surface area contributed by atoms with E-state index in [-0.39, 0.29) is 11.5 Å². The van der Waals surface area contributed by atoms with Crippen molar-refractivity contribution in [2.75, 3.05) is 0 Å². The van der Waals surface area contributed by atoms with Crippen LogP contribution >= 0.6 is 0 Å². The van der Waals surface area contributed by atoms with Crippen molar-refractivity contribution in [3.8, 4) is 0 Å². The van der Waals surface area contributed by atoms with E-state index in [1.807, 2.05) is 0 Å². The molecule has 1 aliphatic carbocycles. The first-order valence-corrected chi connectivity index (χ1v) is 9.46. The molecule has 0 bridgehead atoms. The number of fused-ring (bicyclic) bond motifs is 2. The summed E-state index contributed by atoms with van der Waals surface area (Å²) in [6.07, 6.45) is 5.21. The second-order valence-electron chi connectivity index (χ2n) is 7.53. The molecule has 136 valence electrons. The Balaban J connectivity index is 1.61. The van der Waals surface area contributed by atoms with Crippen LogP contribution in [-0.2, 0) is 13.0 Å². The van der Waals surface area contributed by atoms with Crippen LogP contribution in [0, 0.1) is 11.8 Å². The predicted octanol–water partition coefficient (Wildman–Crippen LogP) is 2.88. The third-order valence-electron chi connectivity index (χ3n) is 5.65. The van der Waals surface area contributed by atoms with E-state index in [0.29, 0.717) is 28.3 Å². The van der Waals surface area contributed by atoms with Gasteiger partial charge in [-0.05, 0) is 49.3 Å². The maximum absolute atomic E-state index is 12.5. The van der Waals surface area contributed by atoms with Gasteiger partial charge >= 0.3 is 0 Å². The zero-order valence-corrected chi connectivity index (χ0v) is 15.3. The SMILES string of the molecule is C[C@@H]1CCC[C@@H](C)C1=NNC(=O)c1ccc2c(=O)n3c(nc2c1)CCC3. The smallest absolute Gasteiger partial charge is 0.271 e. The molecule has 4 rings (SSSR count). The van der Waals surface area contributed by atoms with Crippen molar-refractivity contribution in [2.24, 2.45) is 16.9 Å². The highest BCUT2D eigenvalue weighted by Gasteiger charge is 2.23. The van der Waals surface area contributed by atoms with E-state index in [2.05, 4.69) is 29.4 Å². The maximum atomic E-state index is 12.5. The highest BCUT2D eigenvalue weighted by molar-refractivity contribution is 5.99. The molecule has 1 N–H and O–H groups in total. The minimum absolute atomic E-state index is 0.0143. The van der Waals surface area contributed by atoms with Gasteiger partial charge in [-0.15, -0.1) is 0 Å². The molecule has 6 heteroatoms. The quantitative estimate of drug-likeness (QED) is 0.844. The van der Waals surface area contributed by atoms with Gasteiger partial charge in [0.1, 0.15) is 5.82 Å². The van der Waals surface area contributed by atoms with Crippen LogP contribution in [-0.4, -0.2) is 21.2 Å². The van der Waals surface area contributed by atoms with Gasteiger partial charge in [-0.3, -0.25) is 14.2 Å². The van der Waals surface area contributed by atoms with Crippen LogP contribution in [0.2, 0.25) is 0 Å². The van der Waals surface area contributed by atoms with Gasteiger partial charge in [0, 0.05) is 24.2 Å². The molecule has 0 saturated heterocycles. The first-order valence-electron chi connectivity index (χ1n) is 9.46. The Morgan fingerprint density at radius 1 is 1.23 bits per heavy atom. The van der Waals surface area contributed by atoms with Gasteiger partial charge in [0.05, 0.1) is 10.9 Å². The van der Waals surface area contributed by atoms with Crippen molar-refractivity contribution in [3.05, 3.63) is 39.9 Å². The van der Waals surface area contributed by atoms with E-state index >= 15 is 0 Å². The molecule has 0 spiro atoms. The van der Waals surface area contributed by atoms with Crippen LogP contribution < -0.4 is 11.0 Å². The number of hydrogen-bond acceptors (Lipinski definition) is 4. The first kappa shape index (κ1) is 16.9. The van der Waals surface area contributed by atoms with Crippen molar-refractivity contribution in [3.63, 3.8) is 0 Å². The number of amides is 1. The molecule has 2 atom stereocenters. The minimum Gasteiger partial charge on any atom is -0.296 e. The molecular weight excluding hydrogens is 328 g/mol. The highest BCUT2D eigenvalue weighted by atomic mass is 16.2. The lowest BCUT2D eigenvalue weighted by Gasteiger charge is -2.26. The van der Waals surface area contributed by atoms with Crippen LogP contribution in [0.25, 0.3) is 10.9 Å². The molecule has 1 aromatic heterocycles. The molecule has 1 saturated carbocycles. The molecule has 2 aromatic rings. The van der Waals surface area contributed by atoms with Crippen molar-refractivity contribution in [1.82, 2.24) is 15.0 Å². The fraction of sp³-hybridized carbons (Fsp3) is 0.500. The third kappa shape index (κ3) is 2.93. The average Bonchev–Trinajstić information content (AvgIpc) is 3.09. The largest absolute Gasteiger partial charge is 0.296 e. The van der Waals surface area contributed by atoms with Gasteiger partial charge in [-0.1, -0.05) is 20.3 Å². The lowest BCUT2D eigenvalue weighted by atomic mass is 9.81. The fourth-order valence-corrected chi connectivity index (χ4v) is 4.14. The molecule has 0 unspecified atom stereocenters.